The van der Waals surface area contributed by atoms with Crippen molar-refractivity contribution in [1.29, 1.82) is 0 Å². The summed E-state index contributed by atoms with van der Waals surface area (Å²) in [6.45, 7) is 131. The summed E-state index contributed by atoms with van der Waals surface area (Å²) in [5.41, 5.74) is 1.78. The van der Waals surface area contributed by atoms with Gasteiger partial charge in [0.25, 0.3) is 0 Å². The van der Waals surface area contributed by atoms with E-state index < -0.39 is 5.60 Å². The molecule has 0 saturated carbocycles. The third-order valence-electron chi connectivity index (χ3n) is 22.3. The van der Waals surface area contributed by atoms with Gasteiger partial charge in [-0.3, -0.25) is 0 Å². The molecule has 0 fully saturated rings. The molecule has 0 bridgehead atoms. The summed E-state index contributed by atoms with van der Waals surface area (Å²) in [6.07, 6.45) is 29.3. The number of ether oxygens (including phenoxy) is 11. The van der Waals surface area contributed by atoms with Crippen molar-refractivity contribution < 1.29 is 105 Å². The van der Waals surface area contributed by atoms with E-state index in [4.69, 9.17) is 47.4 Å². The summed E-state index contributed by atoms with van der Waals surface area (Å²) < 4.78 is 54.2. The third-order valence-corrected chi connectivity index (χ3v) is 22.3. The van der Waals surface area contributed by atoms with Gasteiger partial charge in [0.15, 0.2) is 0 Å². The van der Waals surface area contributed by atoms with Gasteiger partial charge in [-0.25, -0.2) is 52.7 Å². The second kappa shape index (κ2) is 86.6. The Morgan fingerprint density at radius 3 is 0.852 bits per heavy atom. The van der Waals surface area contributed by atoms with Crippen molar-refractivity contribution in [2.24, 2.45) is 96.6 Å². The van der Waals surface area contributed by atoms with Crippen LogP contribution in [0.3, 0.4) is 0 Å². The van der Waals surface area contributed by atoms with Gasteiger partial charge in [0.05, 0.1) is 65.1 Å². The van der Waals surface area contributed by atoms with Crippen LogP contribution in [0.25, 0.3) is 0 Å². The van der Waals surface area contributed by atoms with E-state index in [1.807, 2.05) is 62.3 Å². The fourth-order valence-electron chi connectivity index (χ4n) is 15.7. The molecule has 0 aliphatic heterocycles. The summed E-state index contributed by atoms with van der Waals surface area (Å²) >= 11 is 0. The molecule has 0 saturated heterocycles. The maximum atomic E-state index is 11.5. The highest BCUT2D eigenvalue weighted by molar-refractivity contribution is 5.88. The Kier molecular flexibility index (Phi) is 95.1. The lowest BCUT2D eigenvalue weighted by atomic mass is 9.43. The number of carbonyl (C=O) groups is 11. The summed E-state index contributed by atoms with van der Waals surface area (Å²) in [5, 5.41) is 0. The molecule has 22 heteroatoms. The lowest BCUT2D eigenvalue weighted by molar-refractivity contribution is -0.149. The minimum Gasteiger partial charge on any atom is -0.462 e. The maximum absolute atomic E-state index is 11.5. The van der Waals surface area contributed by atoms with E-state index in [-0.39, 0.29) is 121 Å². The van der Waals surface area contributed by atoms with Gasteiger partial charge in [0.2, 0.25) is 0 Å². The van der Waals surface area contributed by atoms with E-state index >= 15 is 0 Å². The fraction of sp³-hybridized carbons (Fsp3) is 0.725. The first-order valence-corrected chi connectivity index (χ1v) is 51.6. The largest absolute Gasteiger partial charge is 0.462 e. The van der Waals surface area contributed by atoms with Crippen LogP contribution in [-0.4, -0.2) is 136 Å². The second-order valence-corrected chi connectivity index (χ2v) is 45.9. The van der Waals surface area contributed by atoms with Gasteiger partial charge < -0.3 is 52.1 Å². The van der Waals surface area contributed by atoms with Crippen LogP contribution in [0.5, 0.6) is 0 Å². The first-order chi connectivity index (χ1) is 64.7. The average Bonchev–Trinajstić information content (AvgIpc) is 0.729. The zero-order valence-corrected chi connectivity index (χ0v) is 99.0. The van der Waals surface area contributed by atoms with Gasteiger partial charge in [-0.15, -0.1) is 0 Å². The van der Waals surface area contributed by atoms with E-state index in [2.05, 4.69) is 278 Å². The zero-order chi connectivity index (χ0) is 114. The Labute approximate surface area is 871 Å². The minimum atomic E-state index is -0.398. The van der Waals surface area contributed by atoms with E-state index in [0.717, 1.165) is 94.6 Å². The van der Waals surface area contributed by atoms with E-state index in [1.54, 1.807) is 27.7 Å². The first kappa shape index (κ1) is 156. The molecule has 7 unspecified atom stereocenters. The molecule has 22 nitrogen and oxygen atoms in total. The predicted octanol–water partition coefficient (Wildman–Crippen LogP) is 31.0. The highest BCUT2D eigenvalue weighted by Gasteiger charge is 2.56. The summed E-state index contributed by atoms with van der Waals surface area (Å²) in [7, 11) is 0. The van der Waals surface area contributed by atoms with Crippen LogP contribution < -0.4 is 0 Å². The standard InChI is InChI=1S/C20H38O2.C17H32O2.2C13H24O2.C11H20O2.C10H18O2.2C8H14O2.2C7H12O2.C6H10O2/c1-15(2)16(21)22-14-12-13-20(17(3,4)5,18(6,7)8)19(9,10)11;1-13(2)14(18)19-12-10-11-17(9,15(3,4)5)16(6,7)8;2*1-6-13(14)15-9-12(5)8-11(4)7-10(2)3;1-4-7-8-10(5-2)9-13-11(12)6-3;1-4-6-7-9(3)8-12-10(11)5-2;1-5-7(9)10-6-8(2,3)4;1-4-6-7(3)10-8(9)5-2;1-5-6(8)9-7(2,3)4;1-4-7(8)9-5-6(2)3;1-4-6(7)8-5(2)3/h1,12-14H2,2-11H3;1,10-12H2,2-9H3;2*6,10-12H,1,7-9H2,2-5H3;6,10H,3-5,7-9H2,1-2H3;5,9H,2,4,6-8H2,1,3H3;5H,1,6H2,2-4H3;5,7H,2,4,6H2,1,3H3;5H,1H2,2-4H3;4,6H,1,5H2,2-3H3;4-5H,1H2,2-3H3. The molecule has 0 N–H and O–H groups in total. The highest BCUT2D eigenvalue weighted by atomic mass is 16.6. The molecular weight excluding hydrogens is 1790 g/mol. The molecule has 0 rings (SSSR count). The van der Waals surface area contributed by atoms with Crippen molar-refractivity contribution >= 4 is 65.7 Å². The first-order valence-electron chi connectivity index (χ1n) is 51.6. The number of unbranched alkanes of at least 4 members (excludes halogenated alkanes) is 2. The SMILES string of the molecule is C=C(C)C(=O)OCCCC(C(C)(C)C)(C(C)(C)C)C(C)(C)C.C=C(C)C(=O)OCCCC(C)(C(C)(C)C)C(C)(C)C.C=CC(=O)OC(C)(C)C.C=CC(=O)OC(C)C.C=CC(=O)OC(C)CCC.C=CC(=O)OCC(C)(C)C.C=CC(=O)OCC(C)C.C=CC(=O)OCC(C)CC(C)CC(C)C.C=CC(=O)OCC(C)CC(C)CC(C)C.C=CC(=O)OCC(C)CCCC.C=CC(=O)OCC(CC)CCCC. The van der Waals surface area contributed by atoms with Crippen molar-refractivity contribution in [3.63, 3.8) is 0 Å². The zero-order valence-electron chi connectivity index (χ0n) is 99.0. The van der Waals surface area contributed by atoms with Gasteiger partial charge in [0.1, 0.15) is 5.60 Å². The van der Waals surface area contributed by atoms with Crippen LogP contribution in [0.4, 0.5) is 0 Å². The van der Waals surface area contributed by atoms with Crippen LogP contribution in [0.1, 0.15) is 400 Å². The molecule has 0 aromatic heterocycles. The molecule has 0 aromatic carbocycles. The Bertz CT molecular complexity index is 3420. The molecular formula is C120H218O22. The smallest absolute Gasteiger partial charge is 0.333 e. The Balaban J connectivity index is -0.000000150. The van der Waals surface area contributed by atoms with Crippen LogP contribution in [0.2, 0.25) is 0 Å². The van der Waals surface area contributed by atoms with Gasteiger partial charge in [-0.05, 0) is 223 Å². The number of esters is 11. The lowest BCUT2D eigenvalue weighted by Crippen LogP contribution is -2.54. The fourth-order valence-corrected chi connectivity index (χ4v) is 15.7. The number of hydrogen-bond donors (Lipinski definition) is 0. The Morgan fingerprint density at radius 2 is 0.599 bits per heavy atom. The van der Waals surface area contributed by atoms with Crippen LogP contribution in [0.15, 0.2) is 138 Å². The molecule has 0 radical (unpaired) electrons. The van der Waals surface area contributed by atoms with E-state index in [9.17, 15) is 52.7 Å². The van der Waals surface area contributed by atoms with Crippen molar-refractivity contribution in [3.05, 3.63) is 138 Å². The van der Waals surface area contributed by atoms with Crippen LogP contribution >= 0.6 is 0 Å². The van der Waals surface area contributed by atoms with E-state index in [1.165, 1.54) is 81.1 Å². The van der Waals surface area contributed by atoms with Gasteiger partial charge >= 0.3 is 65.7 Å². The van der Waals surface area contributed by atoms with Gasteiger partial charge in [0, 0.05) is 65.8 Å². The lowest BCUT2D eigenvalue weighted by Gasteiger charge is -2.61. The van der Waals surface area contributed by atoms with Crippen molar-refractivity contribution in [1.82, 2.24) is 0 Å². The summed E-state index contributed by atoms with van der Waals surface area (Å²) in [4.78, 5) is 118. The van der Waals surface area contributed by atoms with Gasteiger partial charge in [-0.2, -0.15) is 0 Å². The average molecular weight is 2010 g/mol. The normalized spacial score (nSPS) is 12.5. The van der Waals surface area contributed by atoms with Crippen molar-refractivity contribution in [2.75, 3.05) is 52.9 Å². The van der Waals surface area contributed by atoms with Gasteiger partial charge in [-0.1, -0.05) is 346 Å². The van der Waals surface area contributed by atoms with E-state index in [0.29, 0.717) is 105 Å². The Morgan fingerprint density at radius 1 is 0.296 bits per heavy atom. The molecule has 830 valence electrons. The predicted molar refractivity (Wildman–Crippen MR) is 594 cm³/mol. The number of carbonyl (C=O) groups excluding carboxylic acids is 11. The third kappa shape index (κ3) is 97.4. The molecule has 0 aliphatic carbocycles. The molecule has 0 aromatic rings. The Hall–Kier alpha value is -8.69. The molecule has 7 atom stereocenters. The number of rotatable bonds is 49. The topological polar surface area (TPSA) is 289 Å². The summed E-state index contributed by atoms with van der Waals surface area (Å²) in [6, 6.07) is 0. The van der Waals surface area contributed by atoms with Crippen LogP contribution in [-0.2, 0) is 105 Å². The summed E-state index contributed by atoms with van der Waals surface area (Å²) in [5.74, 6) is 1.51. The maximum Gasteiger partial charge on any atom is 0.333 e. The molecule has 0 aliphatic rings. The molecule has 0 heterocycles. The molecule has 0 spiro atoms. The molecule has 142 heavy (non-hydrogen) atoms. The highest BCUT2D eigenvalue weighted by Crippen LogP contribution is 2.64. The van der Waals surface area contributed by atoms with Crippen LogP contribution in [0, 0.1) is 96.6 Å². The number of hydrogen-bond acceptors (Lipinski definition) is 22. The minimum absolute atomic E-state index is 0.0236. The quantitative estimate of drug-likeness (QED) is 0.0237. The van der Waals surface area contributed by atoms with Crippen molar-refractivity contribution in [2.45, 2.75) is 418 Å². The second-order valence-electron chi connectivity index (χ2n) is 45.9. The van der Waals surface area contributed by atoms with Crippen molar-refractivity contribution in [3.8, 4) is 0 Å². The molecule has 0 amide bonds. The monoisotopic (exact) mass is 2010 g/mol.